The molecule has 2 amide bonds. The summed E-state index contributed by atoms with van der Waals surface area (Å²) >= 11 is 0. The molecule has 0 aliphatic heterocycles. The van der Waals surface area contributed by atoms with E-state index < -0.39 is 41.6 Å². The Hall–Kier alpha value is -5.15. The van der Waals surface area contributed by atoms with E-state index in [0.29, 0.717) is 25.2 Å². The number of carbonyl (C=O) groups is 3. The summed E-state index contributed by atoms with van der Waals surface area (Å²) < 4.78 is 86.8. The average Bonchev–Trinajstić information content (AvgIpc) is 3.04. The highest BCUT2D eigenvalue weighted by Gasteiger charge is 2.31. The van der Waals surface area contributed by atoms with Crippen LogP contribution in [0.4, 0.5) is 37.7 Å². The van der Waals surface area contributed by atoms with E-state index in [1.54, 1.807) is 26.0 Å². The van der Waals surface area contributed by atoms with Crippen LogP contribution in [-0.4, -0.2) is 41.3 Å². The monoisotopic (exact) mass is 662 g/mol. The van der Waals surface area contributed by atoms with E-state index in [2.05, 4.69) is 20.6 Å². The molecule has 2 aromatic carbocycles. The zero-order chi connectivity index (χ0) is 34.6. The van der Waals surface area contributed by atoms with Crippen molar-refractivity contribution in [1.82, 2.24) is 9.97 Å². The zero-order valence-corrected chi connectivity index (χ0v) is 24.9. The van der Waals surface area contributed by atoms with Gasteiger partial charge in [-0.15, -0.1) is 0 Å². The predicted molar refractivity (Wildman–Crippen MR) is 159 cm³/mol. The second-order valence-electron chi connectivity index (χ2n) is 9.32. The van der Waals surface area contributed by atoms with Crippen LogP contribution in [0.15, 0.2) is 84.9 Å². The van der Waals surface area contributed by atoms with Gasteiger partial charge in [-0.25, -0.2) is 9.97 Å². The Kier molecular flexibility index (Phi) is 12.7. The molecule has 2 N–H and O–H groups in total. The Morgan fingerprint density at radius 3 is 1.60 bits per heavy atom. The maximum atomic E-state index is 12.8. The number of rotatable bonds is 10. The van der Waals surface area contributed by atoms with Gasteiger partial charge in [0.05, 0.1) is 16.8 Å². The fourth-order valence-electron chi connectivity index (χ4n) is 3.81. The molecule has 2 heterocycles. The minimum atomic E-state index is -4.49. The number of carbonyl (C=O) groups excluding carboxylic acids is 3. The first-order chi connectivity index (χ1) is 22.2. The first kappa shape index (κ1) is 36.3. The van der Waals surface area contributed by atoms with Crippen LogP contribution in [0.3, 0.4) is 0 Å². The van der Waals surface area contributed by atoms with Crippen molar-refractivity contribution in [3.05, 3.63) is 119 Å². The summed E-state index contributed by atoms with van der Waals surface area (Å²) in [5.41, 5.74) is -1.23. The number of pyridine rings is 2. The van der Waals surface area contributed by atoms with Gasteiger partial charge in [0, 0.05) is 24.6 Å². The van der Waals surface area contributed by atoms with Gasteiger partial charge >= 0.3 is 12.4 Å². The number of aldehydes is 1. The molecule has 0 bridgehead atoms. The summed E-state index contributed by atoms with van der Waals surface area (Å²) in [5.74, 6) is -1.32. The summed E-state index contributed by atoms with van der Waals surface area (Å²) in [4.78, 5) is 42.7. The molecule has 248 valence electrons. The molecule has 0 unspecified atom stereocenters. The molecule has 9 nitrogen and oxygen atoms in total. The van der Waals surface area contributed by atoms with Crippen molar-refractivity contribution in [2.45, 2.75) is 32.5 Å². The lowest BCUT2D eigenvalue weighted by Gasteiger charge is -2.16. The van der Waals surface area contributed by atoms with Crippen LogP contribution in [0.2, 0.25) is 0 Å². The van der Waals surface area contributed by atoms with Gasteiger partial charge in [-0.2, -0.15) is 26.3 Å². The molecule has 0 atom stereocenters. The van der Waals surface area contributed by atoms with Crippen LogP contribution < -0.4 is 10.6 Å². The van der Waals surface area contributed by atoms with Crippen molar-refractivity contribution in [2.24, 2.45) is 0 Å². The van der Waals surface area contributed by atoms with Crippen LogP contribution in [-0.2, 0) is 21.8 Å². The maximum absolute atomic E-state index is 12.8. The zero-order valence-electron chi connectivity index (χ0n) is 24.9. The van der Waals surface area contributed by atoms with E-state index in [-0.39, 0.29) is 28.5 Å². The van der Waals surface area contributed by atoms with Gasteiger partial charge in [-0.3, -0.25) is 14.4 Å². The van der Waals surface area contributed by atoms with E-state index >= 15 is 0 Å². The van der Waals surface area contributed by atoms with Crippen molar-refractivity contribution >= 4 is 29.5 Å². The molecular formula is C32H28F6N4O5. The molecule has 4 rings (SSSR count). The quantitative estimate of drug-likeness (QED) is 0.102. The molecule has 0 fully saturated rings. The highest BCUT2D eigenvalue weighted by molar-refractivity contribution is 6.03. The first-order valence-corrected chi connectivity index (χ1v) is 13.8. The number of aromatic nitrogens is 2. The molecule has 0 aliphatic carbocycles. The number of nitrogens with one attached hydrogen (secondary N) is 2. The van der Waals surface area contributed by atoms with Crippen molar-refractivity contribution < 1.29 is 50.2 Å². The largest absolute Gasteiger partial charge is 0.416 e. The number of halogens is 6. The Labute approximate surface area is 265 Å². The standard InChI is InChI=1S/C18H19F3N2O3.C14H9F3N2O2/c1-3-25-17(26-4-2)15-10-6-9-14(23-15)16(24)22-13-8-5-7-12(11-13)18(19,20)21;15-14(16,17)9-3-1-4-10(7-9)19-13(21)12-6-2-5-11(8-20)18-12/h5-11,17H,3-4H2,1-2H3,(H,22,24);1-8H,(H,19,21). The first-order valence-electron chi connectivity index (χ1n) is 13.8. The average molecular weight is 663 g/mol. The lowest BCUT2D eigenvalue weighted by atomic mass is 10.2. The van der Waals surface area contributed by atoms with Crippen molar-refractivity contribution in [3.8, 4) is 0 Å². The second-order valence-corrected chi connectivity index (χ2v) is 9.32. The molecular weight excluding hydrogens is 634 g/mol. The summed E-state index contributed by atoms with van der Waals surface area (Å²) in [6.45, 7) is 4.40. The lowest BCUT2D eigenvalue weighted by Crippen LogP contribution is -2.17. The number of hydrogen-bond donors (Lipinski definition) is 2. The van der Waals surface area contributed by atoms with Gasteiger partial charge in [0.15, 0.2) is 6.29 Å². The van der Waals surface area contributed by atoms with Crippen LogP contribution in [0.5, 0.6) is 0 Å². The normalized spacial score (nSPS) is 11.3. The van der Waals surface area contributed by atoms with E-state index in [1.807, 2.05) is 0 Å². The number of ether oxygens (including phenoxy) is 2. The summed E-state index contributed by atoms with van der Waals surface area (Å²) in [5, 5.41) is 4.72. The Balaban J connectivity index is 0.000000261. The SMILES string of the molecule is CCOC(OCC)c1cccc(C(=O)Nc2cccc(C(F)(F)F)c2)n1.O=Cc1cccc(C(=O)Nc2cccc(C(F)(F)F)c2)n1. The summed E-state index contributed by atoms with van der Waals surface area (Å²) in [6.07, 6.45) is -9.22. The molecule has 2 aromatic heterocycles. The third kappa shape index (κ3) is 11.0. The fraction of sp³-hybridized carbons (Fsp3) is 0.219. The van der Waals surface area contributed by atoms with E-state index in [1.165, 1.54) is 48.5 Å². The van der Waals surface area contributed by atoms with E-state index in [9.17, 15) is 40.7 Å². The lowest BCUT2D eigenvalue weighted by molar-refractivity contribution is -0.142. The molecule has 4 aromatic rings. The Morgan fingerprint density at radius 1 is 0.702 bits per heavy atom. The van der Waals surface area contributed by atoms with Gasteiger partial charge in [-0.05, 0) is 74.5 Å². The van der Waals surface area contributed by atoms with Crippen LogP contribution in [0.25, 0.3) is 0 Å². The second kappa shape index (κ2) is 16.4. The Morgan fingerprint density at radius 2 is 1.15 bits per heavy atom. The summed E-state index contributed by atoms with van der Waals surface area (Å²) in [6, 6.07) is 17.6. The molecule has 0 saturated heterocycles. The number of nitrogens with zero attached hydrogens (tertiary/aromatic N) is 2. The minimum absolute atomic E-state index is 0.00636. The topological polar surface area (TPSA) is 120 Å². The maximum Gasteiger partial charge on any atom is 0.416 e. The third-order valence-electron chi connectivity index (χ3n) is 5.90. The third-order valence-corrected chi connectivity index (χ3v) is 5.90. The predicted octanol–water partition coefficient (Wildman–Crippen LogP) is 7.59. The van der Waals surface area contributed by atoms with Gasteiger partial charge < -0.3 is 20.1 Å². The number of benzene rings is 2. The minimum Gasteiger partial charge on any atom is -0.347 e. The van der Waals surface area contributed by atoms with Crippen molar-refractivity contribution in [1.29, 1.82) is 0 Å². The highest BCUT2D eigenvalue weighted by Crippen LogP contribution is 2.31. The van der Waals surface area contributed by atoms with Gasteiger partial charge in [0.1, 0.15) is 17.1 Å². The molecule has 47 heavy (non-hydrogen) atoms. The Bertz CT molecular complexity index is 1670. The summed E-state index contributed by atoms with van der Waals surface area (Å²) in [7, 11) is 0. The molecule has 15 heteroatoms. The van der Waals surface area contributed by atoms with Crippen molar-refractivity contribution in [3.63, 3.8) is 0 Å². The van der Waals surface area contributed by atoms with E-state index in [4.69, 9.17) is 9.47 Å². The highest BCUT2D eigenvalue weighted by atomic mass is 19.4. The number of alkyl halides is 6. The molecule has 0 saturated carbocycles. The van der Waals surface area contributed by atoms with E-state index in [0.717, 1.165) is 24.3 Å². The van der Waals surface area contributed by atoms with Gasteiger partial charge in [-0.1, -0.05) is 24.3 Å². The number of amides is 2. The van der Waals surface area contributed by atoms with Crippen LogP contribution in [0, 0.1) is 0 Å². The van der Waals surface area contributed by atoms with Gasteiger partial charge in [0.25, 0.3) is 11.8 Å². The molecule has 0 aliphatic rings. The van der Waals surface area contributed by atoms with Crippen molar-refractivity contribution in [2.75, 3.05) is 23.8 Å². The molecule has 0 spiro atoms. The number of hydrogen-bond acceptors (Lipinski definition) is 7. The van der Waals surface area contributed by atoms with Crippen LogP contribution >= 0.6 is 0 Å². The van der Waals surface area contributed by atoms with Crippen LogP contribution in [0.1, 0.15) is 68.4 Å². The fourth-order valence-corrected chi connectivity index (χ4v) is 3.81. The molecule has 0 radical (unpaired) electrons. The number of anilines is 2. The van der Waals surface area contributed by atoms with Gasteiger partial charge in [0.2, 0.25) is 6.29 Å². The smallest absolute Gasteiger partial charge is 0.347 e.